The summed E-state index contributed by atoms with van der Waals surface area (Å²) in [4.78, 5) is 0. The van der Waals surface area contributed by atoms with Gasteiger partial charge in [-0.15, -0.1) is 0 Å². The fourth-order valence-corrected chi connectivity index (χ4v) is 6.10. The number of nitrogens with two attached hydrogens (primary N) is 1. The van der Waals surface area contributed by atoms with Crippen LogP contribution in [-0.2, 0) is 20.0 Å². The van der Waals surface area contributed by atoms with Gasteiger partial charge in [-0.25, -0.2) is 8.42 Å². The fourth-order valence-electron chi connectivity index (χ4n) is 2.81. The molecule has 1 unspecified atom stereocenters. The number of sulfone groups is 1. The molecule has 2 rings (SSSR count). The van der Waals surface area contributed by atoms with Crippen LogP contribution in [0.15, 0.2) is 0 Å². The Bertz CT molecular complexity index is 532. The summed E-state index contributed by atoms with van der Waals surface area (Å²) < 4.78 is 51.3. The topological polar surface area (TPSA) is 101 Å². The first-order valence-electron chi connectivity index (χ1n) is 7.04. The number of hydrogen-bond acceptors (Lipinski definition) is 5. The fraction of sp³-hybridized carbons (Fsp3) is 1.00. The molecule has 0 aromatic carbocycles. The Kier molecular flexibility index (Phi) is 5.06. The molecule has 7 nitrogen and oxygen atoms in total. The third-order valence-electron chi connectivity index (χ3n) is 3.98. The lowest BCUT2D eigenvalue weighted by Gasteiger charge is -2.37. The van der Waals surface area contributed by atoms with E-state index in [2.05, 4.69) is 0 Å². The maximum atomic E-state index is 12.7. The van der Waals surface area contributed by atoms with E-state index < -0.39 is 20.0 Å². The van der Waals surface area contributed by atoms with Gasteiger partial charge in [-0.3, -0.25) is 0 Å². The first-order chi connectivity index (χ1) is 9.37. The molecule has 118 valence electrons. The van der Waals surface area contributed by atoms with Crippen LogP contribution in [0.25, 0.3) is 0 Å². The molecule has 2 aliphatic heterocycles. The largest absolute Gasteiger partial charge is 0.329 e. The second-order valence-corrected chi connectivity index (χ2v) is 9.59. The Balaban J connectivity index is 2.16. The van der Waals surface area contributed by atoms with Crippen LogP contribution < -0.4 is 5.73 Å². The molecule has 0 saturated carbocycles. The van der Waals surface area contributed by atoms with Gasteiger partial charge in [0.25, 0.3) is 10.2 Å². The van der Waals surface area contributed by atoms with Crippen molar-refractivity contribution in [2.45, 2.75) is 31.7 Å². The molecule has 0 aliphatic carbocycles. The van der Waals surface area contributed by atoms with Crippen LogP contribution >= 0.6 is 0 Å². The Morgan fingerprint density at radius 2 is 1.80 bits per heavy atom. The quantitative estimate of drug-likeness (QED) is 0.729. The SMILES string of the molecule is NCC1CCCCN1S(=O)(=O)N1CCCS(=O)(=O)CC1. The molecule has 2 N–H and O–H groups in total. The van der Waals surface area contributed by atoms with Gasteiger partial charge < -0.3 is 5.73 Å². The first-order valence-corrected chi connectivity index (χ1v) is 10.3. The van der Waals surface area contributed by atoms with E-state index in [-0.39, 0.29) is 30.6 Å². The highest BCUT2D eigenvalue weighted by molar-refractivity contribution is 7.91. The molecule has 9 heteroatoms. The molecule has 2 saturated heterocycles. The van der Waals surface area contributed by atoms with Crippen molar-refractivity contribution in [3.63, 3.8) is 0 Å². The van der Waals surface area contributed by atoms with Gasteiger partial charge in [-0.1, -0.05) is 6.42 Å². The monoisotopic (exact) mass is 325 g/mol. The van der Waals surface area contributed by atoms with Crippen molar-refractivity contribution in [2.24, 2.45) is 5.73 Å². The standard InChI is InChI=1S/C11H23N3O4S2/c12-10-11-4-1-2-6-14(11)20(17,18)13-5-3-8-19(15,16)9-7-13/h11H,1-10,12H2. The zero-order valence-electron chi connectivity index (χ0n) is 11.6. The van der Waals surface area contributed by atoms with Gasteiger partial charge in [0.1, 0.15) is 0 Å². The normalized spacial score (nSPS) is 29.9. The molecule has 2 heterocycles. The molecule has 0 bridgehead atoms. The molecular formula is C11H23N3O4S2. The molecule has 2 aliphatic rings. The maximum absolute atomic E-state index is 12.7. The molecule has 2 fully saturated rings. The van der Waals surface area contributed by atoms with Crippen LogP contribution in [-0.4, -0.2) is 69.2 Å². The van der Waals surface area contributed by atoms with Crippen molar-refractivity contribution in [3.05, 3.63) is 0 Å². The van der Waals surface area contributed by atoms with Crippen molar-refractivity contribution in [3.8, 4) is 0 Å². The van der Waals surface area contributed by atoms with Crippen LogP contribution in [0.2, 0.25) is 0 Å². The average Bonchev–Trinajstić information content (AvgIpc) is 2.60. The zero-order chi connectivity index (χ0) is 14.8. The lowest BCUT2D eigenvalue weighted by molar-refractivity contribution is 0.237. The summed E-state index contributed by atoms with van der Waals surface area (Å²) in [5.74, 6) is -0.0211. The highest BCUT2D eigenvalue weighted by atomic mass is 32.2. The lowest BCUT2D eigenvalue weighted by atomic mass is 10.1. The van der Waals surface area contributed by atoms with Gasteiger partial charge in [0.2, 0.25) is 0 Å². The average molecular weight is 325 g/mol. The van der Waals surface area contributed by atoms with Crippen LogP contribution in [0.5, 0.6) is 0 Å². The van der Waals surface area contributed by atoms with Gasteiger partial charge in [0.15, 0.2) is 9.84 Å². The number of nitrogens with zero attached hydrogens (tertiary/aromatic N) is 2. The number of hydrogen-bond donors (Lipinski definition) is 1. The minimum Gasteiger partial charge on any atom is -0.329 e. The number of piperidine rings is 1. The van der Waals surface area contributed by atoms with E-state index in [1.807, 2.05) is 0 Å². The van der Waals surface area contributed by atoms with Gasteiger partial charge >= 0.3 is 0 Å². The molecule has 1 atom stereocenters. The Labute approximate surface area is 121 Å². The smallest absolute Gasteiger partial charge is 0.282 e. The first kappa shape index (κ1) is 16.2. The summed E-state index contributed by atoms with van der Waals surface area (Å²) >= 11 is 0. The van der Waals surface area contributed by atoms with Gasteiger partial charge in [0, 0.05) is 32.2 Å². The van der Waals surface area contributed by atoms with E-state index in [1.54, 1.807) is 0 Å². The summed E-state index contributed by atoms with van der Waals surface area (Å²) in [6, 6.07) is -0.159. The summed E-state index contributed by atoms with van der Waals surface area (Å²) in [6.45, 7) is 1.12. The van der Waals surface area contributed by atoms with Gasteiger partial charge in [-0.2, -0.15) is 17.0 Å². The summed E-state index contributed by atoms with van der Waals surface area (Å²) in [6.07, 6.45) is 2.97. The van der Waals surface area contributed by atoms with Crippen LogP contribution in [0, 0.1) is 0 Å². The predicted molar refractivity (Wildman–Crippen MR) is 77.2 cm³/mol. The minimum atomic E-state index is -3.60. The molecule has 0 spiro atoms. The Morgan fingerprint density at radius 1 is 1.05 bits per heavy atom. The third-order valence-corrected chi connectivity index (χ3v) is 7.79. The van der Waals surface area contributed by atoms with Crippen molar-refractivity contribution in [1.29, 1.82) is 0 Å². The molecule has 0 radical (unpaired) electrons. The van der Waals surface area contributed by atoms with E-state index in [0.717, 1.165) is 19.3 Å². The van der Waals surface area contributed by atoms with Gasteiger partial charge in [0.05, 0.1) is 11.5 Å². The highest BCUT2D eigenvalue weighted by Crippen LogP contribution is 2.23. The Morgan fingerprint density at radius 3 is 2.50 bits per heavy atom. The maximum Gasteiger partial charge on any atom is 0.282 e. The molecule has 0 aromatic heterocycles. The highest BCUT2D eigenvalue weighted by Gasteiger charge is 2.37. The van der Waals surface area contributed by atoms with Crippen LogP contribution in [0.1, 0.15) is 25.7 Å². The predicted octanol–water partition coefficient (Wildman–Crippen LogP) is -0.835. The van der Waals surface area contributed by atoms with E-state index >= 15 is 0 Å². The van der Waals surface area contributed by atoms with E-state index in [1.165, 1.54) is 8.61 Å². The van der Waals surface area contributed by atoms with Crippen molar-refractivity contribution in [1.82, 2.24) is 8.61 Å². The number of rotatable bonds is 3. The van der Waals surface area contributed by atoms with E-state index in [9.17, 15) is 16.8 Å². The van der Waals surface area contributed by atoms with Crippen molar-refractivity contribution < 1.29 is 16.8 Å². The zero-order valence-corrected chi connectivity index (χ0v) is 13.2. The van der Waals surface area contributed by atoms with Crippen molar-refractivity contribution >= 4 is 20.0 Å². The van der Waals surface area contributed by atoms with Crippen LogP contribution in [0.3, 0.4) is 0 Å². The second-order valence-electron chi connectivity index (χ2n) is 5.41. The molecular weight excluding hydrogens is 302 g/mol. The van der Waals surface area contributed by atoms with Crippen LogP contribution in [0.4, 0.5) is 0 Å². The molecule has 0 amide bonds. The van der Waals surface area contributed by atoms with E-state index in [0.29, 0.717) is 19.5 Å². The summed E-state index contributed by atoms with van der Waals surface area (Å²) in [7, 11) is -6.71. The van der Waals surface area contributed by atoms with E-state index in [4.69, 9.17) is 5.73 Å². The third kappa shape index (κ3) is 3.51. The molecule has 20 heavy (non-hydrogen) atoms. The van der Waals surface area contributed by atoms with Crippen molar-refractivity contribution in [2.75, 3.05) is 37.7 Å². The summed E-state index contributed by atoms with van der Waals surface area (Å²) in [5, 5.41) is 0. The second kappa shape index (κ2) is 6.27. The lowest BCUT2D eigenvalue weighted by Crippen LogP contribution is -2.53. The minimum absolute atomic E-state index is 0.0540. The molecule has 0 aromatic rings. The summed E-state index contributed by atoms with van der Waals surface area (Å²) in [5.41, 5.74) is 5.67. The van der Waals surface area contributed by atoms with Gasteiger partial charge in [-0.05, 0) is 19.3 Å². The Hall–Kier alpha value is -0.220.